The number of benzene rings is 1. The minimum atomic E-state index is 0.517. The number of likely N-dealkylation sites (N-methyl/N-ethyl adjacent to an activating group) is 1. The van der Waals surface area contributed by atoms with E-state index in [0.717, 1.165) is 26.2 Å². The van der Waals surface area contributed by atoms with E-state index >= 15 is 0 Å². The molecular weight excluding hydrogens is 304 g/mol. The number of hydrogen-bond donors (Lipinski definition) is 1. The smallest absolute Gasteiger partial charge is 0.0589 e. The maximum absolute atomic E-state index is 5.08. The Kier molecular flexibility index (Phi) is 5.82. The molecule has 1 aromatic carbocycles. The molecule has 3 nitrogen and oxygen atoms in total. The number of fused-ring (bicyclic) bond motifs is 1. The molecule has 0 spiro atoms. The monoisotopic (exact) mass is 326 g/mol. The normalized spacial score (nSPS) is 18.0. The number of methoxy groups -OCH3 is 1. The van der Waals surface area contributed by atoms with Crippen LogP contribution in [0, 0.1) is 0 Å². The molecule has 1 aromatic rings. The highest BCUT2D eigenvalue weighted by atomic mass is 79.9. The Hall–Kier alpha value is -0.420. The molecule has 0 amide bonds. The molecule has 0 heterocycles. The summed E-state index contributed by atoms with van der Waals surface area (Å²) in [5.74, 6) is 0. The summed E-state index contributed by atoms with van der Waals surface area (Å²) in [5.41, 5.74) is 2.95. The molecule has 0 saturated carbocycles. The van der Waals surface area contributed by atoms with Gasteiger partial charge >= 0.3 is 0 Å². The summed E-state index contributed by atoms with van der Waals surface area (Å²) in [6, 6.07) is 7.04. The molecule has 0 bridgehead atoms. The zero-order chi connectivity index (χ0) is 13.7. The van der Waals surface area contributed by atoms with Crippen molar-refractivity contribution in [3.05, 3.63) is 33.8 Å². The Labute approximate surface area is 124 Å². The number of rotatable bonds is 7. The van der Waals surface area contributed by atoms with Crippen molar-refractivity contribution in [2.75, 3.05) is 40.4 Å². The standard InChI is InChI=1S/C15H23BrN2O/c1-18(10-11-19-2)9-8-17-15-7-6-12-13(15)4-3-5-14(12)16/h3-5,15,17H,6-11H2,1-2H3. The molecule has 19 heavy (non-hydrogen) atoms. The summed E-state index contributed by atoms with van der Waals surface area (Å²) in [7, 11) is 3.89. The molecule has 2 rings (SSSR count). The van der Waals surface area contributed by atoms with Crippen molar-refractivity contribution in [1.82, 2.24) is 10.2 Å². The van der Waals surface area contributed by atoms with E-state index in [9.17, 15) is 0 Å². The van der Waals surface area contributed by atoms with Crippen LogP contribution in [0.15, 0.2) is 22.7 Å². The van der Waals surface area contributed by atoms with E-state index in [0.29, 0.717) is 6.04 Å². The van der Waals surface area contributed by atoms with Crippen molar-refractivity contribution in [3.63, 3.8) is 0 Å². The van der Waals surface area contributed by atoms with Gasteiger partial charge in [0.1, 0.15) is 0 Å². The summed E-state index contributed by atoms with van der Waals surface area (Å²) in [6.45, 7) is 3.88. The Morgan fingerprint density at radius 1 is 1.42 bits per heavy atom. The number of ether oxygens (including phenoxy) is 1. The molecule has 1 aliphatic carbocycles. The van der Waals surface area contributed by atoms with E-state index < -0.39 is 0 Å². The molecule has 0 saturated heterocycles. The van der Waals surface area contributed by atoms with Gasteiger partial charge in [-0.05, 0) is 37.1 Å². The summed E-state index contributed by atoms with van der Waals surface area (Å²) >= 11 is 3.64. The molecule has 1 aliphatic rings. The third kappa shape index (κ3) is 4.02. The van der Waals surface area contributed by atoms with Crippen LogP contribution < -0.4 is 5.32 Å². The minimum Gasteiger partial charge on any atom is -0.383 e. The van der Waals surface area contributed by atoms with Crippen LogP contribution in [0.4, 0.5) is 0 Å². The Morgan fingerprint density at radius 3 is 3.05 bits per heavy atom. The van der Waals surface area contributed by atoms with E-state index in [2.05, 4.69) is 51.4 Å². The van der Waals surface area contributed by atoms with Gasteiger partial charge in [-0.2, -0.15) is 0 Å². The topological polar surface area (TPSA) is 24.5 Å². The second-order valence-corrected chi connectivity index (χ2v) is 6.00. The highest BCUT2D eigenvalue weighted by molar-refractivity contribution is 9.10. The third-order valence-electron chi connectivity index (χ3n) is 3.77. The van der Waals surface area contributed by atoms with E-state index in [1.54, 1.807) is 7.11 Å². The zero-order valence-corrected chi connectivity index (χ0v) is 13.4. The van der Waals surface area contributed by atoms with Crippen LogP contribution in [0.2, 0.25) is 0 Å². The van der Waals surface area contributed by atoms with Gasteiger partial charge in [0, 0.05) is 37.3 Å². The van der Waals surface area contributed by atoms with Gasteiger partial charge < -0.3 is 15.0 Å². The molecule has 1 unspecified atom stereocenters. The second-order valence-electron chi connectivity index (χ2n) is 5.15. The zero-order valence-electron chi connectivity index (χ0n) is 11.8. The van der Waals surface area contributed by atoms with Crippen molar-refractivity contribution in [3.8, 4) is 0 Å². The Morgan fingerprint density at radius 2 is 2.26 bits per heavy atom. The third-order valence-corrected chi connectivity index (χ3v) is 4.52. The lowest BCUT2D eigenvalue weighted by Crippen LogP contribution is -2.32. The van der Waals surface area contributed by atoms with Crippen LogP contribution in [0.5, 0.6) is 0 Å². The van der Waals surface area contributed by atoms with Gasteiger partial charge in [0.15, 0.2) is 0 Å². The molecule has 1 atom stereocenters. The van der Waals surface area contributed by atoms with Gasteiger partial charge in [0.05, 0.1) is 6.61 Å². The lowest BCUT2D eigenvalue weighted by molar-refractivity contribution is 0.161. The van der Waals surface area contributed by atoms with Gasteiger partial charge in [-0.25, -0.2) is 0 Å². The van der Waals surface area contributed by atoms with Gasteiger partial charge in [-0.1, -0.05) is 28.1 Å². The van der Waals surface area contributed by atoms with E-state index in [4.69, 9.17) is 4.74 Å². The largest absolute Gasteiger partial charge is 0.383 e. The quantitative estimate of drug-likeness (QED) is 0.833. The SMILES string of the molecule is COCCN(C)CCNC1CCc2c(Br)cccc21. The van der Waals surface area contributed by atoms with Crippen LogP contribution >= 0.6 is 15.9 Å². The maximum Gasteiger partial charge on any atom is 0.0589 e. The van der Waals surface area contributed by atoms with Gasteiger partial charge in [-0.15, -0.1) is 0 Å². The average molecular weight is 327 g/mol. The maximum atomic E-state index is 5.08. The van der Waals surface area contributed by atoms with Crippen LogP contribution in [0.25, 0.3) is 0 Å². The molecule has 0 fully saturated rings. The first kappa shape index (κ1) is 15.0. The Bertz CT molecular complexity index is 411. The molecule has 106 valence electrons. The highest BCUT2D eigenvalue weighted by Gasteiger charge is 2.23. The van der Waals surface area contributed by atoms with E-state index in [1.165, 1.54) is 28.4 Å². The molecule has 0 aliphatic heterocycles. The summed E-state index contributed by atoms with van der Waals surface area (Å²) in [6.07, 6.45) is 2.38. The Balaban J connectivity index is 1.79. The fraction of sp³-hybridized carbons (Fsp3) is 0.600. The molecule has 0 aromatic heterocycles. The summed E-state index contributed by atoms with van der Waals surface area (Å²) in [4.78, 5) is 2.30. The number of halogens is 1. The van der Waals surface area contributed by atoms with Gasteiger partial charge in [0.2, 0.25) is 0 Å². The fourth-order valence-corrected chi connectivity index (χ4v) is 3.19. The highest BCUT2D eigenvalue weighted by Crippen LogP contribution is 2.35. The van der Waals surface area contributed by atoms with Crippen LogP contribution in [-0.2, 0) is 11.2 Å². The molecule has 4 heteroatoms. The number of nitrogens with one attached hydrogen (secondary N) is 1. The van der Waals surface area contributed by atoms with Gasteiger partial charge in [0.25, 0.3) is 0 Å². The van der Waals surface area contributed by atoms with Crippen molar-refractivity contribution < 1.29 is 4.74 Å². The summed E-state index contributed by atoms with van der Waals surface area (Å²) in [5, 5.41) is 3.67. The van der Waals surface area contributed by atoms with Crippen LogP contribution in [0.3, 0.4) is 0 Å². The van der Waals surface area contributed by atoms with Gasteiger partial charge in [-0.3, -0.25) is 0 Å². The molecular formula is C15H23BrN2O. The van der Waals surface area contributed by atoms with Crippen molar-refractivity contribution >= 4 is 15.9 Å². The van der Waals surface area contributed by atoms with Crippen molar-refractivity contribution in [1.29, 1.82) is 0 Å². The number of hydrogen-bond acceptors (Lipinski definition) is 3. The minimum absolute atomic E-state index is 0.517. The van der Waals surface area contributed by atoms with E-state index in [1.807, 2.05) is 0 Å². The summed E-state index contributed by atoms with van der Waals surface area (Å²) < 4.78 is 6.34. The van der Waals surface area contributed by atoms with Crippen molar-refractivity contribution in [2.24, 2.45) is 0 Å². The molecule has 0 radical (unpaired) electrons. The lowest BCUT2D eigenvalue weighted by atomic mass is 10.1. The second kappa shape index (κ2) is 7.39. The average Bonchev–Trinajstić information content (AvgIpc) is 2.81. The lowest BCUT2D eigenvalue weighted by Gasteiger charge is -2.19. The fourth-order valence-electron chi connectivity index (χ4n) is 2.61. The number of nitrogens with zero attached hydrogens (tertiary/aromatic N) is 1. The first-order valence-corrected chi connectivity index (χ1v) is 7.70. The molecule has 1 N–H and O–H groups in total. The van der Waals surface area contributed by atoms with Crippen LogP contribution in [-0.4, -0.2) is 45.3 Å². The predicted octanol–water partition coefficient (Wildman–Crippen LogP) is 2.60. The van der Waals surface area contributed by atoms with E-state index in [-0.39, 0.29) is 0 Å². The van der Waals surface area contributed by atoms with Crippen molar-refractivity contribution in [2.45, 2.75) is 18.9 Å². The predicted molar refractivity (Wildman–Crippen MR) is 82.6 cm³/mol. The first-order chi connectivity index (χ1) is 9.22. The first-order valence-electron chi connectivity index (χ1n) is 6.90. The van der Waals surface area contributed by atoms with Crippen LogP contribution in [0.1, 0.15) is 23.6 Å².